The lowest BCUT2D eigenvalue weighted by Gasteiger charge is -2.42. The highest BCUT2D eigenvalue weighted by Crippen LogP contribution is 2.26. The Morgan fingerprint density at radius 3 is 3.00 bits per heavy atom. The van der Waals surface area contributed by atoms with Crippen molar-refractivity contribution in [3.63, 3.8) is 0 Å². The molecule has 104 valence electrons. The molecule has 2 unspecified atom stereocenters. The van der Waals surface area contributed by atoms with Gasteiger partial charge < -0.3 is 5.73 Å². The predicted molar refractivity (Wildman–Crippen MR) is 75.3 cm³/mol. The Morgan fingerprint density at radius 1 is 1.37 bits per heavy atom. The highest BCUT2D eigenvalue weighted by atomic mass is 19.1. The average Bonchev–Trinajstić information content (AvgIpc) is 2.80. The quantitative estimate of drug-likeness (QED) is 0.829. The van der Waals surface area contributed by atoms with E-state index in [0.29, 0.717) is 17.8 Å². The first-order chi connectivity index (χ1) is 9.13. The highest BCUT2D eigenvalue weighted by Gasteiger charge is 2.34. The number of halogens is 1. The summed E-state index contributed by atoms with van der Waals surface area (Å²) in [7, 11) is 0. The van der Waals surface area contributed by atoms with Crippen molar-refractivity contribution < 1.29 is 4.39 Å². The molecular weight excluding hydrogens is 241 g/mol. The largest absolute Gasteiger partial charge is 0.398 e. The Balaban J connectivity index is 1.71. The number of fused-ring (bicyclic) bond motifs is 1. The summed E-state index contributed by atoms with van der Waals surface area (Å²) in [6, 6.07) is 5.99. The summed E-state index contributed by atoms with van der Waals surface area (Å²) in [4.78, 5) is 5.09. The maximum atomic E-state index is 13.1. The second-order valence-corrected chi connectivity index (χ2v) is 5.91. The Bertz CT molecular complexity index is 463. The Hall–Kier alpha value is -1.13. The molecule has 0 saturated carbocycles. The van der Waals surface area contributed by atoms with Crippen LogP contribution in [0.25, 0.3) is 0 Å². The lowest BCUT2D eigenvalue weighted by Crippen LogP contribution is -2.54. The van der Waals surface area contributed by atoms with Crippen LogP contribution in [0.2, 0.25) is 0 Å². The van der Waals surface area contributed by atoms with E-state index in [1.165, 1.54) is 31.5 Å². The molecule has 0 aromatic heterocycles. The standard InChI is InChI=1S/C15H22FN3/c1-11-8-18-6-2-3-14(18)10-19(11)9-12-4-5-13(16)7-15(12)17/h4-5,7,11,14H,2-3,6,8-10,17H2,1H3. The molecule has 19 heavy (non-hydrogen) atoms. The zero-order valence-electron chi connectivity index (χ0n) is 11.5. The molecule has 3 rings (SSSR count). The molecule has 2 heterocycles. The molecular formula is C15H22FN3. The van der Waals surface area contributed by atoms with Crippen molar-refractivity contribution in [1.29, 1.82) is 0 Å². The van der Waals surface area contributed by atoms with Crippen molar-refractivity contribution in [2.24, 2.45) is 0 Å². The number of anilines is 1. The molecule has 2 saturated heterocycles. The molecule has 0 radical (unpaired) electrons. The Labute approximate surface area is 114 Å². The summed E-state index contributed by atoms with van der Waals surface area (Å²) in [5.74, 6) is -0.255. The number of rotatable bonds is 2. The lowest BCUT2D eigenvalue weighted by atomic mass is 10.1. The zero-order valence-corrected chi connectivity index (χ0v) is 11.5. The number of hydrogen-bond donors (Lipinski definition) is 1. The number of piperazine rings is 1. The first-order valence-corrected chi connectivity index (χ1v) is 7.15. The number of nitrogen functional groups attached to an aromatic ring is 1. The summed E-state index contributed by atoms with van der Waals surface area (Å²) < 4.78 is 13.1. The first-order valence-electron chi connectivity index (χ1n) is 7.15. The van der Waals surface area contributed by atoms with Crippen LogP contribution in [0.4, 0.5) is 10.1 Å². The van der Waals surface area contributed by atoms with Crippen LogP contribution in [0, 0.1) is 5.82 Å². The molecule has 4 heteroatoms. The van der Waals surface area contributed by atoms with Crippen LogP contribution in [-0.4, -0.2) is 41.5 Å². The van der Waals surface area contributed by atoms with Crippen molar-refractivity contribution in [3.8, 4) is 0 Å². The molecule has 0 amide bonds. The fraction of sp³-hybridized carbons (Fsp3) is 0.600. The van der Waals surface area contributed by atoms with Gasteiger partial charge in [0, 0.05) is 37.4 Å². The fourth-order valence-electron chi connectivity index (χ4n) is 3.40. The highest BCUT2D eigenvalue weighted by molar-refractivity contribution is 5.46. The smallest absolute Gasteiger partial charge is 0.125 e. The van der Waals surface area contributed by atoms with Crippen LogP contribution in [0.1, 0.15) is 25.3 Å². The van der Waals surface area contributed by atoms with Crippen molar-refractivity contribution in [3.05, 3.63) is 29.6 Å². The van der Waals surface area contributed by atoms with Gasteiger partial charge in [-0.05, 0) is 44.0 Å². The van der Waals surface area contributed by atoms with Crippen LogP contribution >= 0.6 is 0 Å². The summed E-state index contributed by atoms with van der Waals surface area (Å²) in [6.45, 7) is 6.61. The minimum atomic E-state index is -0.255. The number of benzene rings is 1. The van der Waals surface area contributed by atoms with Crippen molar-refractivity contribution in [2.45, 2.75) is 38.4 Å². The summed E-state index contributed by atoms with van der Waals surface area (Å²) in [5.41, 5.74) is 7.53. The van der Waals surface area contributed by atoms with Crippen molar-refractivity contribution in [2.75, 3.05) is 25.4 Å². The second kappa shape index (κ2) is 5.10. The van der Waals surface area contributed by atoms with Gasteiger partial charge in [-0.25, -0.2) is 4.39 Å². The Kier molecular flexibility index (Phi) is 3.46. The first kappa shape index (κ1) is 12.9. The summed E-state index contributed by atoms with van der Waals surface area (Å²) in [6.07, 6.45) is 2.63. The molecule has 0 aliphatic carbocycles. The second-order valence-electron chi connectivity index (χ2n) is 5.91. The van der Waals surface area contributed by atoms with E-state index in [9.17, 15) is 4.39 Å². The maximum absolute atomic E-state index is 13.1. The van der Waals surface area contributed by atoms with Crippen LogP contribution < -0.4 is 5.73 Å². The van der Waals surface area contributed by atoms with Gasteiger partial charge in [-0.2, -0.15) is 0 Å². The van der Waals surface area contributed by atoms with Gasteiger partial charge in [0.15, 0.2) is 0 Å². The van der Waals surface area contributed by atoms with E-state index in [-0.39, 0.29) is 5.82 Å². The predicted octanol–water partition coefficient (Wildman–Crippen LogP) is 2.08. The zero-order chi connectivity index (χ0) is 13.4. The van der Waals surface area contributed by atoms with Gasteiger partial charge in [0.25, 0.3) is 0 Å². The summed E-state index contributed by atoms with van der Waals surface area (Å²) >= 11 is 0. The van der Waals surface area contributed by atoms with Gasteiger partial charge >= 0.3 is 0 Å². The number of nitrogens with zero attached hydrogens (tertiary/aromatic N) is 2. The van der Waals surface area contributed by atoms with E-state index in [4.69, 9.17) is 5.73 Å². The molecule has 1 aromatic carbocycles. The molecule has 0 bridgehead atoms. The minimum absolute atomic E-state index is 0.255. The topological polar surface area (TPSA) is 32.5 Å². The lowest BCUT2D eigenvalue weighted by molar-refractivity contribution is 0.0542. The van der Waals surface area contributed by atoms with Gasteiger partial charge in [0.05, 0.1) is 0 Å². The van der Waals surface area contributed by atoms with Crippen LogP contribution in [0.15, 0.2) is 18.2 Å². The van der Waals surface area contributed by atoms with Gasteiger partial charge in [0.1, 0.15) is 5.82 Å². The van der Waals surface area contributed by atoms with E-state index in [2.05, 4.69) is 16.7 Å². The SMILES string of the molecule is CC1CN2CCCC2CN1Cc1ccc(F)cc1N. The molecule has 3 nitrogen and oxygen atoms in total. The fourth-order valence-corrected chi connectivity index (χ4v) is 3.40. The third-order valence-corrected chi connectivity index (χ3v) is 4.55. The van der Waals surface area contributed by atoms with E-state index < -0.39 is 0 Å². The average molecular weight is 263 g/mol. The third-order valence-electron chi connectivity index (χ3n) is 4.55. The van der Waals surface area contributed by atoms with Gasteiger partial charge in [0.2, 0.25) is 0 Å². The monoisotopic (exact) mass is 263 g/mol. The number of hydrogen-bond acceptors (Lipinski definition) is 3. The maximum Gasteiger partial charge on any atom is 0.125 e. The molecule has 0 spiro atoms. The minimum Gasteiger partial charge on any atom is -0.398 e. The van der Waals surface area contributed by atoms with Crippen LogP contribution in [0.3, 0.4) is 0 Å². The molecule has 2 aliphatic rings. The van der Waals surface area contributed by atoms with E-state index in [1.54, 1.807) is 0 Å². The van der Waals surface area contributed by atoms with E-state index in [1.807, 2.05) is 6.07 Å². The Morgan fingerprint density at radius 2 is 2.21 bits per heavy atom. The van der Waals surface area contributed by atoms with E-state index >= 15 is 0 Å². The molecule has 2 fully saturated rings. The normalized spacial score (nSPS) is 28.5. The summed E-state index contributed by atoms with van der Waals surface area (Å²) in [5, 5.41) is 0. The van der Waals surface area contributed by atoms with Crippen LogP contribution in [0.5, 0.6) is 0 Å². The number of nitrogens with two attached hydrogens (primary N) is 1. The molecule has 2 atom stereocenters. The van der Waals surface area contributed by atoms with Crippen molar-refractivity contribution >= 4 is 5.69 Å². The molecule has 2 aliphatic heterocycles. The van der Waals surface area contributed by atoms with Gasteiger partial charge in [-0.1, -0.05) is 6.07 Å². The van der Waals surface area contributed by atoms with Crippen molar-refractivity contribution in [1.82, 2.24) is 9.80 Å². The molecule has 2 N–H and O–H groups in total. The third kappa shape index (κ3) is 2.60. The van der Waals surface area contributed by atoms with Crippen LogP contribution in [-0.2, 0) is 6.54 Å². The van der Waals surface area contributed by atoms with E-state index in [0.717, 1.165) is 25.2 Å². The van der Waals surface area contributed by atoms with Gasteiger partial charge in [-0.3, -0.25) is 9.80 Å². The molecule has 1 aromatic rings. The van der Waals surface area contributed by atoms with Gasteiger partial charge in [-0.15, -0.1) is 0 Å².